The van der Waals surface area contributed by atoms with Crippen molar-refractivity contribution in [2.45, 2.75) is 52.6 Å². The molecular weight excluding hydrogens is 354 g/mol. The molecule has 27 heavy (non-hydrogen) atoms. The highest BCUT2D eigenvalue weighted by atomic mass is 32.1. The van der Waals surface area contributed by atoms with Crippen LogP contribution in [0.5, 0.6) is 0 Å². The van der Waals surface area contributed by atoms with Gasteiger partial charge in [-0.25, -0.2) is 4.98 Å². The SMILES string of the molecule is CCNC(=NCC(C)(C)NC(C)c1ccccc1)NCCc1ncc(C)s1. The van der Waals surface area contributed by atoms with Gasteiger partial charge in [0.15, 0.2) is 5.96 Å². The van der Waals surface area contributed by atoms with E-state index in [1.165, 1.54) is 10.4 Å². The van der Waals surface area contributed by atoms with Crippen LogP contribution in [0.25, 0.3) is 0 Å². The summed E-state index contributed by atoms with van der Waals surface area (Å²) in [6, 6.07) is 10.8. The molecule has 0 saturated heterocycles. The number of rotatable bonds is 9. The molecule has 0 radical (unpaired) electrons. The molecule has 0 bridgehead atoms. The summed E-state index contributed by atoms with van der Waals surface area (Å²) < 4.78 is 0. The number of hydrogen-bond donors (Lipinski definition) is 3. The van der Waals surface area contributed by atoms with Gasteiger partial charge in [0.2, 0.25) is 0 Å². The zero-order valence-corrected chi connectivity index (χ0v) is 18.0. The first-order chi connectivity index (χ1) is 12.9. The maximum Gasteiger partial charge on any atom is 0.191 e. The molecule has 2 rings (SSSR count). The summed E-state index contributed by atoms with van der Waals surface area (Å²) in [4.78, 5) is 10.5. The molecule has 0 saturated carbocycles. The zero-order valence-electron chi connectivity index (χ0n) is 17.2. The van der Waals surface area contributed by atoms with Gasteiger partial charge in [0.1, 0.15) is 0 Å². The van der Waals surface area contributed by atoms with Crippen molar-refractivity contribution < 1.29 is 0 Å². The lowest BCUT2D eigenvalue weighted by Crippen LogP contribution is -2.45. The number of nitrogens with zero attached hydrogens (tertiary/aromatic N) is 2. The van der Waals surface area contributed by atoms with E-state index in [1.807, 2.05) is 12.3 Å². The van der Waals surface area contributed by atoms with Gasteiger partial charge in [0.05, 0.1) is 11.6 Å². The molecule has 5 nitrogen and oxygen atoms in total. The van der Waals surface area contributed by atoms with E-state index >= 15 is 0 Å². The average Bonchev–Trinajstić information content (AvgIpc) is 3.05. The maximum atomic E-state index is 4.78. The van der Waals surface area contributed by atoms with Crippen LogP contribution in [-0.4, -0.2) is 36.1 Å². The summed E-state index contributed by atoms with van der Waals surface area (Å²) in [6.45, 7) is 13.1. The van der Waals surface area contributed by atoms with E-state index in [0.717, 1.165) is 30.5 Å². The number of aromatic nitrogens is 1. The van der Waals surface area contributed by atoms with Gasteiger partial charge in [-0.2, -0.15) is 0 Å². The molecule has 1 atom stereocenters. The minimum Gasteiger partial charge on any atom is -0.357 e. The first kappa shape index (κ1) is 21.4. The number of aliphatic imine (C=N–C) groups is 1. The molecule has 148 valence electrons. The Morgan fingerprint density at radius 2 is 1.96 bits per heavy atom. The molecule has 0 fully saturated rings. The Balaban J connectivity index is 1.87. The van der Waals surface area contributed by atoms with Crippen molar-refractivity contribution >= 4 is 17.3 Å². The smallest absolute Gasteiger partial charge is 0.191 e. The monoisotopic (exact) mass is 387 g/mol. The second-order valence-electron chi connectivity index (χ2n) is 7.40. The Morgan fingerprint density at radius 3 is 2.59 bits per heavy atom. The van der Waals surface area contributed by atoms with Gasteiger partial charge >= 0.3 is 0 Å². The van der Waals surface area contributed by atoms with Crippen LogP contribution < -0.4 is 16.0 Å². The number of thiazole rings is 1. The van der Waals surface area contributed by atoms with Crippen molar-refractivity contribution in [2.24, 2.45) is 4.99 Å². The van der Waals surface area contributed by atoms with Gasteiger partial charge in [-0.1, -0.05) is 30.3 Å². The summed E-state index contributed by atoms with van der Waals surface area (Å²) in [6.07, 6.45) is 2.84. The molecule has 3 N–H and O–H groups in total. The number of hydrogen-bond acceptors (Lipinski definition) is 4. The lowest BCUT2D eigenvalue weighted by Gasteiger charge is -2.29. The Hall–Kier alpha value is -1.92. The van der Waals surface area contributed by atoms with Crippen molar-refractivity contribution in [3.63, 3.8) is 0 Å². The van der Waals surface area contributed by atoms with Gasteiger partial charge in [-0.3, -0.25) is 4.99 Å². The highest BCUT2D eigenvalue weighted by Gasteiger charge is 2.20. The number of guanidine groups is 1. The van der Waals surface area contributed by atoms with E-state index < -0.39 is 0 Å². The fourth-order valence-electron chi connectivity index (χ4n) is 2.88. The second-order valence-corrected chi connectivity index (χ2v) is 8.72. The molecule has 1 unspecified atom stereocenters. The maximum absolute atomic E-state index is 4.78. The summed E-state index contributed by atoms with van der Waals surface area (Å²) in [5.74, 6) is 0.855. The highest BCUT2D eigenvalue weighted by molar-refractivity contribution is 7.11. The molecule has 0 aliphatic carbocycles. The minimum absolute atomic E-state index is 0.107. The molecule has 6 heteroatoms. The molecule has 0 amide bonds. The molecule has 0 aliphatic heterocycles. The first-order valence-corrected chi connectivity index (χ1v) is 10.5. The van der Waals surface area contributed by atoms with Gasteiger partial charge < -0.3 is 16.0 Å². The molecule has 1 aromatic carbocycles. The summed E-state index contributed by atoms with van der Waals surface area (Å²) in [5, 5.41) is 11.6. The van der Waals surface area contributed by atoms with Gasteiger partial charge in [0.25, 0.3) is 0 Å². The van der Waals surface area contributed by atoms with Crippen LogP contribution in [-0.2, 0) is 6.42 Å². The summed E-state index contributed by atoms with van der Waals surface area (Å²) in [7, 11) is 0. The normalized spacial score (nSPS) is 13.4. The Morgan fingerprint density at radius 1 is 1.22 bits per heavy atom. The van der Waals surface area contributed by atoms with Crippen LogP contribution >= 0.6 is 11.3 Å². The van der Waals surface area contributed by atoms with Crippen molar-refractivity contribution in [3.05, 3.63) is 52.0 Å². The third-order valence-corrected chi connectivity index (χ3v) is 5.16. The number of aryl methyl sites for hydroxylation is 1. The fraction of sp³-hybridized carbons (Fsp3) is 0.524. The van der Waals surface area contributed by atoms with Crippen LogP contribution in [0.3, 0.4) is 0 Å². The van der Waals surface area contributed by atoms with E-state index in [9.17, 15) is 0 Å². The Bertz CT molecular complexity index is 708. The van der Waals surface area contributed by atoms with Gasteiger partial charge in [-0.05, 0) is 40.2 Å². The molecule has 0 aliphatic rings. The van der Waals surface area contributed by atoms with Crippen LogP contribution in [0.4, 0.5) is 0 Å². The minimum atomic E-state index is -0.107. The van der Waals surface area contributed by atoms with E-state index in [2.05, 4.69) is 79.8 Å². The second kappa shape index (κ2) is 10.4. The predicted molar refractivity (Wildman–Crippen MR) is 117 cm³/mol. The predicted octanol–water partition coefficient (Wildman–Crippen LogP) is 3.68. The summed E-state index contributed by atoms with van der Waals surface area (Å²) in [5.41, 5.74) is 1.18. The Kier molecular flexibility index (Phi) is 8.25. The fourth-order valence-corrected chi connectivity index (χ4v) is 3.67. The van der Waals surface area contributed by atoms with Crippen molar-refractivity contribution in [1.29, 1.82) is 0 Å². The largest absolute Gasteiger partial charge is 0.357 e. The lowest BCUT2D eigenvalue weighted by molar-refractivity contribution is 0.356. The van der Waals surface area contributed by atoms with E-state index in [-0.39, 0.29) is 11.6 Å². The molecule has 2 aromatic rings. The van der Waals surface area contributed by atoms with Crippen molar-refractivity contribution in [1.82, 2.24) is 20.9 Å². The number of nitrogens with one attached hydrogen (secondary N) is 3. The summed E-state index contributed by atoms with van der Waals surface area (Å²) >= 11 is 1.75. The van der Waals surface area contributed by atoms with Gasteiger partial charge in [0, 0.05) is 42.2 Å². The van der Waals surface area contributed by atoms with Crippen LogP contribution in [0.15, 0.2) is 41.5 Å². The molecule has 1 heterocycles. The zero-order chi connectivity index (χ0) is 19.7. The topological polar surface area (TPSA) is 61.3 Å². The Labute approximate surface area is 167 Å². The third-order valence-electron chi connectivity index (χ3n) is 4.18. The van der Waals surface area contributed by atoms with E-state index in [1.54, 1.807) is 11.3 Å². The van der Waals surface area contributed by atoms with E-state index in [4.69, 9.17) is 4.99 Å². The highest BCUT2D eigenvalue weighted by Crippen LogP contribution is 2.16. The molecular formula is C21H33N5S. The van der Waals surface area contributed by atoms with E-state index in [0.29, 0.717) is 6.54 Å². The number of benzene rings is 1. The van der Waals surface area contributed by atoms with Gasteiger partial charge in [-0.15, -0.1) is 11.3 Å². The average molecular weight is 388 g/mol. The standard InChI is InChI=1S/C21H33N5S/c1-6-22-20(23-13-12-19-24-14-16(2)27-19)25-15-21(4,5)26-17(3)18-10-8-7-9-11-18/h7-11,14,17,26H,6,12-13,15H2,1-5H3,(H2,22,23,25). The third kappa shape index (κ3) is 7.69. The van der Waals surface area contributed by atoms with Crippen LogP contribution in [0, 0.1) is 6.92 Å². The van der Waals surface area contributed by atoms with Crippen LogP contribution in [0.1, 0.15) is 49.2 Å². The van der Waals surface area contributed by atoms with Crippen molar-refractivity contribution in [3.8, 4) is 0 Å². The quantitative estimate of drug-likeness (QED) is 0.454. The first-order valence-electron chi connectivity index (χ1n) is 9.66. The van der Waals surface area contributed by atoms with Crippen molar-refractivity contribution in [2.75, 3.05) is 19.6 Å². The lowest BCUT2D eigenvalue weighted by atomic mass is 10.0. The van der Waals surface area contributed by atoms with Crippen LogP contribution in [0.2, 0.25) is 0 Å². The molecule has 1 aromatic heterocycles. The molecule has 0 spiro atoms.